The molecule has 0 aromatic heterocycles. The van der Waals surface area contributed by atoms with E-state index >= 15 is 0 Å². The SMILES string of the molecule is CC(C)(C)OC(=O)N1CCC(OCCOCC=O)CC1. The van der Waals surface area contributed by atoms with E-state index in [2.05, 4.69) is 0 Å². The van der Waals surface area contributed by atoms with Crippen LogP contribution in [-0.2, 0) is 19.0 Å². The molecule has 0 radical (unpaired) electrons. The third-order valence-electron chi connectivity index (χ3n) is 2.86. The van der Waals surface area contributed by atoms with E-state index in [-0.39, 0.29) is 18.8 Å². The Morgan fingerprint density at radius 3 is 2.45 bits per heavy atom. The van der Waals surface area contributed by atoms with Crippen molar-refractivity contribution in [3.8, 4) is 0 Å². The molecular weight excluding hydrogens is 262 g/mol. The van der Waals surface area contributed by atoms with Gasteiger partial charge in [-0.1, -0.05) is 0 Å². The van der Waals surface area contributed by atoms with Gasteiger partial charge >= 0.3 is 6.09 Å². The maximum absolute atomic E-state index is 11.9. The van der Waals surface area contributed by atoms with Gasteiger partial charge in [-0.15, -0.1) is 0 Å². The molecule has 0 bridgehead atoms. The molecule has 6 heteroatoms. The van der Waals surface area contributed by atoms with Crippen molar-refractivity contribution in [2.75, 3.05) is 32.9 Å². The van der Waals surface area contributed by atoms with E-state index in [9.17, 15) is 9.59 Å². The first-order chi connectivity index (χ1) is 9.42. The molecule has 1 fully saturated rings. The van der Waals surface area contributed by atoms with Crippen molar-refractivity contribution in [3.05, 3.63) is 0 Å². The molecule has 1 saturated heterocycles. The molecule has 0 aliphatic carbocycles. The summed E-state index contributed by atoms with van der Waals surface area (Å²) in [6.45, 7) is 7.89. The van der Waals surface area contributed by atoms with Crippen LogP contribution in [0.3, 0.4) is 0 Å². The Hall–Kier alpha value is -1.14. The van der Waals surface area contributed by atoms with E-state index in [0.29, 0.717) is 26.3 Å². The number of hydrogen-bond donors (Lipinski definition) is 0. The number of rotatable bonds is 6. The standard InChI is InChI=1S/C14H25NO5/c1-14(2,3)20-13(17)15-6-4-12(5-7-15)19-11-10-18-9-8-16/h8,12H,4-7,9-11H2,1-3H3. The fourth-order valence-corrected chi connectivity index (χ4v) is 1.94. The van der Waals surface area contributed by atoms with Crippen LogP contribution < -0.4 is 0 Å². The van der Waals surface area contributed by atoms with Gasteiger partial charge in [0.1, 0.15) is 18.5 Å². The molecule has 0 N–H and O–H groups in total. The number of nitrogens with zero attached hydrogens (tertiary/aromatic N) is 1. The normalized spacial score (nSPS) is 17.1. The number of carbonyl (C=O) groups excluding carboxylic acids is 2. The molecule has 0 saturated carbocycles. The van der Waals surface area contributed by atoms with Crippen molar-refractivity contribution in [2.45, 2.75) is 45.3 Å². The summed E-state index contributed by atoms with van der Waals surface area (Å²) in [5.74, 6) is 0. The van der Waals surface area contributed by atoms with Crippen molar-refractivity contribution in [1.82, 2.24) is 4.90 Å². The monoisotopic (exact) mass is 287 g/mol. The quantitative estimate of drug-likeness (QED) is 0.548. The average Bonchev–Trinajstić information content (AvgIpc) is 2.37. The highest BCUT2D eigenvalue weighted by atomic mass is 16.6. The van der Waals surface area contributed by atoms with Gasteiger partial charge in [-0.05, 0) is 33.6 Å². The van der Waals surface area contributed by atoms with Crippen LogP contribution in [0.25, 0.3) is 0 Å². The van der Waals surface area contributed by atoms with Gasteiger partial charge in [0.2, 0.25) is 0 Å². The van der Waals surface area contributed by atoms with E-state index in [0.717, 1.165) is 19.1 Å². The van der Waals surface area contributed by atoms with Gasteiger partial charge in [0.15, 0.2) is 0 Å². The fourth-order valence-electron chi connectivity index (χ4n) is 1.94. The first kappa shape index (κ1) is 16.9. The summed E-state index contributed by atoms with van der Waals surface area (Å²) in [4.78, 5) is 23.6. The van der Waals surface area contributed by atoms with Crippen molar-refractivity contribution < 1.29 is 23.8 Å². The Labute approximate surface area is 120 Å². The number of likely N-dealkylation sites (tertiary alicyclic amines) is 1. The van der Waals surface area contributed by atoms with Crippen LogP contribution in [0.1, 0.15) is 33.6 Å². The highest BCUT2D eigenvalue weighted by Gasteiger charge is 2.26. The molecule has 0 aromatic carbocycles. The van der Waals surface area contributed by atoms with Crippen molar-refractivity contribution in [1.29, 1.82) is 0 Å². The lowest BCUT2D eigenvalue weighted by atomic mass is 10.1. The summed E-state index contributed by atoms with van der Waals surface area (Å²) in [5.41, 5.74) is -0.458. The fraction of sp³-hybridized carbons (Fsp3) is 0.857. The topological polar surface area (TPSA) is 65.1 Å². The van der Waals surface area contributed by atoms with Crippen LogP contribution in [0.5, 0.6) is 0 Å². The van der Waals surface area contributed by atoms with Gasteiger partial charge in [0, 0.05) is 13.1 Å². The largest absolute Gasteiger partial charge is 0.444 e. The summed E-state index contributed by atoms with van der Waals surface area (Å²) in [6, 6.07) is 0. The van der Waals surface area contributed by atoms with Crippen LogP contribution in [0.15, 0.2) is 0 Å². The van der Waals surface area contributed by atoms with E-state index in [1.165, 1.54) is 0 Å². The van der Waals surface area contributed by atoms with E-state index in [1.54, 1.807) is 4.90 Å². The van der Waals surface area contributed by atoms with Gasteiger partial charge in [0.25, 0.3) is 0 Å². The van der Waals surface area contributed by atoms with Gasteiger partial charge in [-0.25, -0.2) is 4.79 Å². The van der Waals surface area contributed by atoms with Crippen LogP contribution >= 0.6 is 0 Å². The first-order valence-electron chi connectivity index (χ1n) is 7.03. The number of carbonyl (C=O) groups is 2. The summed E-state index contributed by atoms with van der Waals surface area (Å²) in [7, 11) is 0. The summed E-state index contributed by atoms with van der Waals surface area (Å²) >= 11 is 0. The molecular formula is C14H25NO5. The summed E-state index contributed by atoms with van der Waals surface area (Å²) < 4.78 is 16.0. The Morgan fingerprint density at radius 2 is 1.90 bits per heavy atom. The summed E-state index contributed by atoms with van der Waals surface area (Å²) in [6.07, 6.45) is 2.21. The van der Waals surface area contributed by atoms with Crippen LogP contribution in [-0.4, -0.2) is 61.9 Å². The lowest BCUT2D eigenvalue weighted by Gasteiger charge is -2.33. The second-order valence-electron chi connectivity index (χ2n) is 5.78. The van der Waals surface area contributed by atoms with Crippen LogP contribution in [0.4, 0.5) is 4.79 Å². The number of hydrogen-bond acceptors (Lipinski definition) is 5. The molecule has 0 unspecified atom stereocenters. The zero-order valence-electron chi connectivity index (χ0n) is 12.6. The Kier molecular flexibility index (Phi) is 6.95. The Bertz CT molecular complexity index is 305. The van der Waals surface area contributed by atoms with Crippen molar-refractivity contribution in [2.24, 2.45) is 0 Å². The van der Waals surface area contributed by atoms with Gasteiger partial charge in [-0.2, -0.15) is 0 Å². The van der Waals surface area contributed by atoms with Crippen molar-refractivity contribution in [3.63, 3.8) is 0 Å². The molecule has 1 amide bonds. The van der Waals surface area contributed by atoms with E-state index in [4.69, 9.17) is 14.2 Å². The predicted octanol–water partition coefficient (Wildman–Crippen LogP) is 1.62. The molecule has 1 aliphatic rings. The number of piperidine rings is 1. The number of aldehydes is 1. The molecule has 116 valence electrons. The minimum absolute atomic E-state index is 0.112. The van der Waals surface area contributed by atoms with Gasteiger partial charge in [-0.3, -0.25) is 0 Å². The minimum atomic E-state index is -0.458. The maximum Gasteiger partial charge on any atom is 0.410 e. The first-order valence-corrected chi connectivity index (χ1v) is 7.03. The maximum atomic E-state index is 11.9. The van der Waals surface area contributed by atoms with Gasteiger partial charge in [0.05, 0.1) is 19.3 Å². The van der Waals surface area contributed by atoms with Crippen molar-refractivity contribution >= 4 is 12.4 Å². The lowest BCUT2D eigenvalue weighted by molar-refractivity contribution is -0.112. The Morgan fingerprint density at radius 1 is 1.25 bits per heavy atom. The highest BCUT2D eigenvalue weighted by Crippen LogP contribution is 2.17. The second kappa shape index (κ2) is 8.21. The third-order valence-corrected chi connectivity index (χ3v) is 2.86. The van der Waals surface area contributed by atoms with Crippen LogP contribution in [0, 0.1) is 0 Å². The summed E-state index contributed by atoms with van der Waals surface area (Å²) in [5, 5.41) is 0. The number of amides is 1. The van der Waals surface area contributed by atoms with E-state index in [1.807, 2.05) is 20.8 Å². The average molecular weight is 287 g/mol. The molecule has 20 heavy (non-hydrogen) atoms. The molecule has 1 heterocycles. The smallest absolute Gasteiger partial charge is 0.410 e. The Balaban J connectivity index is 2.16. The number of ether oxygens (including phenoxy) is 3. The predicted molar refractivity (Wildman–Crippen MR) is 73.7 cm³/mol. The molecule has 1 aliphatic heterocycles. The zero-order valence-corrected chi connectivity index (χ0v) is 12.6. The highest BCUT2D eigenvalue weighted by molar-refractivity contribution is 5.68. The van der Waals surface area contributed by atoms with Crippen LogP contribution in [0.2, 0.25) is 0 Å². The lowest BCUT2D eigenvalue weighted by Crippen LogP contribution is -2.43. The molecule has 1 rings (SSSR count). The second-order valence-corrected chi connectivity index (χ2v) is 5.78. The molecule has 6 nitrogen and oxygen atoms in total. The molecule has 0 spiro atoms. The molecule has 0 atom stereocenters. The minimum Gasteiger partial charge on any atom is -0.444 e. The van der Waals surface area contributed by atoms with E-state index < -0.39 is 5.60 Å². The van der Waals surface area contributed by atoms with Gasteiger partial charge < -0.3 is 23.9 Å². The molecule has 0 aromatic rings. The third kappa shape index (κ3) is 6.86. The zero-order chi connectivity index (χ0) is 15.0.